The third-order valence-electron chi connectivity index (χ3n) is 4.99. The van der Waals surface area contributed by atoms with Gasteiger partial charge in [-0.2, -0.15) is 0 Å². The number of nitrogens with one attached hydrogen (secondary N) is 2. The van der Waals surface area contributed by atoms with Crippen molar-refractivity contribution in [2.24, 2.45) is 5.92 Å². The van der Waals surface area contributed by atoms with Crippen LogP contribution in [-0.4, -0.2) is 58.8 Å². The van der Waals surface area contributed by atoms with Crippen molar-refractivity contribution in [3.05, 3.63) is 35.9 Å². The minimum Gasteiger partial charge on any atom is -0.392 e. The summed E-state index contributed by atoms with van der Waals surface area (Å²) in [5, 5.41) is 21.6. The van der Waals surface area contributed by atoms with Crippen LogP contribution in [0.2, 0.25) is 0 Å². The first-order valence-electron chi connectivity index (χ1n) is 8.29. The lowest BCUT2D eigenvalue weighted by Crippen LogP contribution is -2.59. The van der Waals surface area contributed by atoms with Crippen LogP contribution in [0.5, 0.6) is 0 Å². The molecule has 7 nitrogen and oxygen atoms in total. The molecule has 2 amide bonds. The Morgan fingerprint density at radius 2 is 2.00 bits per heavy atom. The van der Waals surface area contributed by atoms with Crippen molar-refractivity contribution in [3.8, 4) is 0 Å². The van der Waals surface area contributed by atoms with Gasteiger partial charge >= 0.3 is 0 Å². The molecule has 0 spiro atoms. The Morgan fingerprint density at radius 3 is 2.71 bits per heavy atom. The van der Waals surface area contributed by atoms with Gasteiger partial charge in [-0.05, 0) is 18.4 Å². The van der Waals surface area contributed by atoms with E-state index < -0.39 is 24.0 Å². The van der Waals surface area contributed by atoms with Crippen LogP contribution in [-0.2, 0) is 9.59 Å². The van der Waals surface area contributed by atoms with Crippen LogP contribution >= 0.6 is 0 Å². The number of hydroxylamine groups is 1. The van der Waals surface area contributed by atoms with Gasteiger partial charge in [-0.15, -0.1) is 0 Å². The van der Waals surface area contributed by atoms with E-state index in [9.17, 15) is 14.7 Å². The molecular formula is C17H23N3O4. The summed E-state index contributed by atoms with van der Waals surface area (Å²) in [4.78, 5) is 26.4. The summed E-state index contributed by atoms with van der Waals surface area (Å²) < 4.78 is 0. The van der Waals surface area contributed by atoms with Crippen LogP contribution in [0.1, 0.15) is 24.3 Å². The van der Waals surface area contributed by atoms with Gasteiger partial charge in [-0.25, -0.2) is 5.48 Å². The topological polar surface area (TPSA) is 102 Å². The van der Waals surface area contributed by atoms with E-state index in [1.54, 1.807) is 10.4 Å². The number of rotatable bonds is 3. The minimum absolute atomic E-state index is 0.145. The molecule has 130 valence electrons. The predicted octanol–water partition coefficient (Wildman–Crippen LogP) is -0.153. The van der Waals surface area contributed by atoms with Crippen LogP contribution in [0.3, 0.4) is 0 Å². The molecule has 24 heavy (non-hydrogen) atoms. The van der Waals surface area contributed by atoms with Crippen molar-refractivity contribution in [2.45, 2.75) is 30.9 Å². The number of β-amino-alcohol motifs (C(OH)–C–C–N with tert-alkyl or cyclic N) is 1. The number of aliphatic hydroxyl groups is 1. The second-order valence-corrected chi connectivity index (χ2v) is 6.54. The van der Waals surface area contributed by atoms with E-state index in [1.807, 2.05) is 18.2 Å². The third kappa shape index (κ3) is 3.43. The lowest BCUT2D eigenvalue weighted by Gasteiger charge is -2.35. The van der Waals surface area contributed by atoms with Crippen molar-refractivity contribution in [3.63, 3.8) is 0 Å². The van der Waals surface area contributed by atoms with Gasteiger partial charge in [0.2, 0.25) is 11.8 Å². The summed E-state index contributed by atoms with van der Waals surface area (Å²) in [7, 11) is 0. The molecule has 2 aliphatic rings. The molecule has 0 radical (unpaired) electrons. The summed E-state index contributed by atoms with van der Waals surface area (Å²) in [6.07, 6.45) is 0.347. The highest BCUT2D eigenvalue weighted by molar-refractivity contribution is 5.90. The van der Waals surface area contributed by atoms with Crippen molar-refractivity contribution < 1.29 is 19.9 Å². The molecule has 1 unspecified atom stereocenters. The number of likely N-dealkylation sites (tertiary alicyclic amines) is 1. The lowest BCUT2D eigenvalue weighted by molar-refractivity contribution is -0.145. The Hall–Kier alpha value is -1.96. The summed E-state index contributed by atoms with van der Waals surface area (Å²) in [6.45, 7) is 1.53. The van der Waals surface area contributed by atoms with E-state index in [4.69, 9.17) is 5.21 Å². The van der Waals surface area contributed by atoms with E-state index in [0.717, 1.165) is 6.42 Å². The van der Waals surface area contributed by atoms with Gasteiger partial charge in [-0.1, -0.05) is 30.3 Å². The van der Waals surface area contributed by atoms with Crippen LogP contribution in [0.25, 0.3) is 0 Å². The van der Waals surface area contributed by atoms with Crippen molar-refractivity contribution in [1.29, 1.82) is 0 Å². The number of hydrogen-bond donors (Lipinski definition) is 4. The van der Waals surface area contributed by atoms with Gasteiger partial charge in [-0.3, -0.25) is 14.8 Å². The Balaban J connectivity index is 1.68. The first-order valence-corrected chi connectivity index (χ1v) is 8.29. The zero-order valence-corrected chi connectivity index (χ0v) is 13.4. The van der Waals surface area contributed by atoms with E-state index in [0.29, 0.717) is 19.0 Å². The summed E-state index contributed by atoms with van der Waals surface area (Å²) >= 11 is 0. The normalized spacial score (nSPS) is 30.2. The summed E-state index contributed by atoms with van der Waals surface area (Å²) in [5.74, 6) is -1.26. The van der Waals surface area contributed by atoms with Crippen LogP contribution in [0.15, 0.2) is 30.3 Å². The maximum atomic E-state index is 12.8. The maximum absolute atomic E-state index is 12.8. The summed E-state index contributed by atoms with van der Waals surface area (Å²) in [6, 6.07) is 9.37. The van der Waals surface area contributed by atoms with Crippen molar-refractivity contribution >= 4 is 11.8 Å². The standard InChI is InChI=1S/C17H23N3O4/c21-13-8-14(16(22)19-24)15(18-9-13)17(23)20-7-6-12(10-20)11-4-2-1-3-5-11/h1-5,12-15,18,21,24H,6-10H2,(H,19,22)/t12-,13?,14-,15-/m0/s1. The zero-order chi connectivity index (χ0) is 17.1. The fourth-order valence-corrected chi connectivity index (χ4v) is 3.67. The average Bonchev–Trinajstić information content (AvgIpc) is 3.11. The molecule has 4 N–H and O–H groups in total. The van der Waals surface area contributed by atoms with Gasteiger partial charge in [0.05, 0.1) is 18.1 Å². The Kier molecular flexibility index (Phi) is 5.13. The monoisotopic (exact) mass is 333 g/mol. The molecule has 0 aliphatic carbocycles. The van der Waals surface area contributed by atoms with Gasteiger partial charge in [0.25, 0.3) is 0 Å². The quantitative estimate of drug-likeness (QED) is 0.455. The number of hydrogen-bond acceptors (Lipinski definition) is 5. The second kappa shape index (κ2) is 7.29. The highest BCUT2D eigenvalue weighted by Gasteiger charge is 2.41. The van der Waals surface area contributed by atoms with Crippen LogP contribution in [0.4, 0.5) is 0 Å². The second-order valence-electron chi connectivity index (χ2n) is 6.54. The third-order valence-corrected chi connectivity index (χ3v) is 4.99. The molecule has 2 aliphatic heterocycles. The smallest absolute Gasteiger partial charge is 0.248 e. The summed E-state index contributed by atoms with van der Waals surface area (Å²) in [5.41, 5.74) is 2.82. The molecule has 2 heterocycles. The molecule has 0 bridgehead atoms. The molecular weight excluding hydrogens is 310 g/mol. The van der Waals surface area contributed by atoms with Crippen LogP contribution in [0, 0.1) is 5.92 Å². The first-order chi connectivity index (χ1) is 11.6. The van der Waals surface area contributed by atoms with Gasteiger partial charge in [0.1, 0.15) is 0 Å². The van der Waals surface area contributed by atoms with Gasteiger partial charge < -0.3 is 15.3 Å². The Labute approximate surface area is 140 Å². The average molecular weight is 333 g/mol. The fraction of sp³-hybridized carbons (Fsp3) is 0.529. The minimum atomic E-state index is -0.776. The molecule has 1 aromatic rings. The highest BCUT2D eigenvalue weighted by atomic mass is 16.5. The van der Waals surface area contributed by atoms with Crippen molar-refractivity contribution in [1.82, 2.24) is 15.7 Å². The van der Waals surface area contributed by atoms with Crippen molar-refractivity contribution in [2.75, 3.05) is 19.6 Å². The lowest BCUT2D eigenvalue weighted by atomic mass is 9.88. The fourth-order valence-electron chi connectivity index (χ4n) is 3.67. The molecule has 2 saturated heterocycles. The zero-order valence-electron chi connectivity index (χ0n) is 13.4. The molecule has 0 saturated carbocycles. The van der Waals surface area contributed by atoms with E-state index in [1.165, 1.54) is 5.56 Å². The number of carbonyl (C=O) groups excluding carboxylic acids is 2. The molecule has 3 rings (SSSR count). The number of amides is 2. The molecule has 4 atom stereocenters. The van der Waals surface area contributed by atoms with E-state index in [2.05, 4.69) is 17.4 Å². The highest BCUT2D eigenvalue weighted by Crippen LogP contribution is 2.29. The SMILES string of the molecule is O=C(NO)[C@H]1CC(O)CN[C@@H]1C(=O)N1CC[C@H](c2ccccc2)C1. The van der Waals surface area contributed by atoms with Crippen LogP contribution < -0.4 is 10.8 Å². The van der Waals surface area contributed by atoms with Gasteiger partial charge in [0.15, 0.2) is 0 Å². The Morgan fingerprint density at radius 1 is 1.25 bits per heavy atom. The number of benzene rings is 1. The molecule has 0 aromatic heterocycles. The predicted molar refractivity (Wildman–Crippen MR) is 86.2 cm³/mol. The number of aliphatic hydroxyl groups excluding tert-OH is 1. The molecule has 1 aromatic carbocycles. The maximum Gasteiger partial charge on any atom is 0.248 e. The van der Waals surface area contributed by atoms with E-state index in [-0.39, 0.29) is 18.9 Å². The molecule has 2 fully saturated rings. The number of piperidine rings is 1. The number of carbonyl (C=O) groups is 2. The number of nitrogens with zero attached hydrogens (tertiary/aromatic N) is 1. The van der Waals surface area contributed by atoms with E-state index >= 15 is 0 Å². The van der Waals surface area contributed by atoms with Gasteiger partial charge in [0, 0.05) is 25.6 Å². The largest absolute Gasteiger partial charge is 0.392 e. The first kappa shape index (κ1) is 16.9. The Bertz CT molecular complexity index is 595. The molecule has 7 heteroatoms.